The van der Waals surface area contributed by atoms with E-state index in [2.05, 4.69) is 36.3 Å². The molecule has 2 aromatic heterocycles. The smallest absolute Gasteiger partial charge is 0.291 e. The van der Waals surface area contributed by atoms with Crippen LogP contribution in [-0.4, -0.2) is 31.5 Å². The van der Waals surface area contributed by atoms with E-state index in [1.54, 1.807) is 4.52 Å². The zero-order valence-corrected chi connectivity index (χ0v) is 15.3. The number of amides is 1. The Kier molecular flexibility index (Phi) is 4.62. The highest BCUT2D eigenvalue weighted by Crippen LogP contribution is 2.12. The fourth-order valence-electron chi connectivity index (χ4n) is 2.58. The van der Waals surface area contributed by atoms with E-state index in [0.717, 1.165) is 27.8 Å². The molecule has 0 radical (unpaired) electrons. The molecule has 124 valence electrons. The summed E-state index contributed by atoms with van der Waals surface area (Å²) < 4.78 is 2.62. The lowest BCUT2D eigenvalue weighted by Crippen LogP contribution is -2.34. The third-order valence-electron chi connectivity index (χ3n) is 3.65. The summed E-state index contributed by atoms with van der Waals surface area (Å²) in [5, 5.41) is 7.19. The first-order valence-electron chi connectivity index (χ1n) is 7.68. The number of rotatable bonds is 4. The number of aromatic nitrogens is 4. The van der Waals surface area contributed by atoms with Gasteiger partial charge in [0.25, 0.3) is 11.7 Å². The summed E-state index contributed by atoms with van der Waals surface area (Å²) in [5.41, 5.74) is 2.90. The van der Waals surface area contributed by atoms with Crippen molar-refractivity contribution in [2.75, 3.05) is 0 Å². The second-order valence-electron chi connectivity index (χ2n) is 5.89. The monoisotopic (exact) mass is 387 g/mol. The largest absolute Gasteiger partial charge is 0.346 e. The average molecular weight is 388 g/mol. The molecular weight excluding hydrogens is 370 g/mol. The maximum absolute atomic E-state index is 12.4. The van der Waals surface area contributed by atoms with Crippen molar-refractivity contribution < 1.29 is 4.79 Å². The van der Waals surface area contributed by atoms with E-state index in [0.29, 0.717) is 5.78 Å². The number of hydrogen-bond donors (Lipinski definition) is 1. The van der Waals surface area contributed by atoms with Crippen molar-refractivity contribution >= 4 is 27.6 Å². The van der Waals surface area contributed by atoms with E-state index in [1.165, 1.54) is 0 Å². The molecule has 0 spiro atoms. The van der Waals surface area contributed by atoms with Crippen LogP contribution in [0.5, 0.6) is 0 Å². The van der Waals surface area contributed by atoms with Gasteiger partial charge in [-0.1, -0.05) is 28.1 Å². The van der Waals surface area contributed by atoms with Gasteiger partial charge in [0, 0.05) is 21.9 Å². The van der Waals surface area contributed by atoms with E-state index in [4.69, 9.17) is 0 Å². The second-order valence-corrected chi connectivity index (χ2v) is 6.81. The molecule has 0 bridgehead atoms. The fraction of sp³-hybridized carbons (Fsp3) is 0.294. The van der Waals surface area contributed by atoms with E-state index >= 15 is 0 Å². The molecule has 1 atom stereocenters. The highest BCUT2D eigenvalue weighted by atomic mass is 79.9. The topological polar surface area (TPSA) is 72.2 Å². The van der Waals surface area contributed by atoms with Crippen LogP contribution in [0, 0.1) is 13.8 Å². The van der Waals surface area contributed by atoms with Crippen LogP contribution >= 0.6 is 15.9 Å². The number of aryl methyl sites for hydroxylation is 2. The Morgan fingerprint density at radius 3 is 2.67 bits per heavy atom. The third kappa shape index (κ3) is 3.62. The van der Waals surface area contributed by atoms with Crippen LogP contribution in [0.4, 0.5) is 0 Å². The van der Waals surface area contributed by atoms with Gasteiger partial charge in [-0.3, -0.25) is 4.79 Å². The van der Waals surface area contributed by atoms with Gasteiger partial charge < -0.3 is 5.32 Å². The molecule has 0 aliphatic rings. The molecule has 0 aliphatic carbocycles. The number of carbonyl (C=O) groups excluding carboxylic acids is 1. The van der Waals surface area contributed by atoms with Gasteiger partial charge in [-0.15, -0.1) is 5.10 Å². The summed E-state index contributed by atoms with van der Waals surface area (Å²) in [6.45, 7) is 5.76. The van der Waals surface area contributed by atoms with Crippen molar-refractivity contribution in [3.05, 3.63) is 57.6 Å². The first kappa shape index (κ1) is 16.6. The lowest BCUT2D eigenvalue weighted by atomic mass is 10.1. The van der Waals surface area contributed by atoms with Crippen molar-refractivity contribution in [2.45, 2.75) is 33.2 Å². The number of nitrogens with one attached hydrogen (secondary N) is 1. The summed E-state index contributed by atoms with van der Waals surface area (Å²) in [7, 11) is 0. The summed E-state index contributed by atoms with van der Waals surface area (Å²) in [6.07, 6.45) is 0.739. The molecule has 0 unspecified atom stereocenters. The standard InChI is InChI=1S/C17H18BrN5O/c1-10-8-12(3)23-17(20-10)21-15(22-23)16(24)19-11(2)9-13-4-6-14(18)7-5-13/h4-8,11H,9H2,1-3H3,(H,19,24)/t11-/m0/s1. The number of hydrogen-bond acceptors (Lipinski definition) is 4. The van der Waals surface area contributed by atoms with Crippen LogP contribution in [0.15, 0.2) is 34.8 Å². The third-order valence-corrected chi connectivity index (χ3v) is 4.18. The number of nitrogens with zero attached hydrogens (tertiary/aromatic N) is 4. The van der Waals surface area contributed by atoms with Gasteiger partial charge in [-0.05, 0) is 51.0 Å². The molecule has 0 saturated carbocycles. The van der Waals surface area contributed by atoms with Gasteiger partial charge in [0.15, 0.2) is 0 Å². The second kappa shape index (κ2) is 6.68. The SMILES string of the molecule is Cc1cc(C)n2nc(C(=O)N[C@@H](C)Cc3ccc(Br)cc3)nc2n1. The molecule has 0 aliphatic heterocycles. The predicted octanol–water partition coefficient (Wildman–Crippen LogP) is 2.86. The fourth-order valence-corrected chi connectivity index (χ4v) is 2.84. The minimum atomic E-state index is -0.290. The minimum absolute atomic E-state index is 0.0268. The van der Waals surface area contributed by atoms with Crippen LogP contribution < -0.4 is 5.32 Å². The zero-order valence-electron chi connectivity index (χ0n) is 13.7. The maximum Gasteiger partial charge on any atom is 0.291 e. The van der Waals surface area contributed by atoms with Crippen LogP contribution in [-0.2, 0) is 6.42 Å². The van der Waals surface area contributed by atoms with Crippen LogP contribution in [0.3, 0.4) is 0 Å². The quantitative estimate of drug-likeness (QED) is 0.746. The highest BCUT2D eigenvalue weighted by Gasteiger charge is 2.17. The average Bonchev–Trinajstić information content (AvgIpc) is 2.94. The summed E-state index contributed by atoms with van der Waals surface area (Å²) >= 11 is 3.42. The van der Waals surface area contributed by atoms with Crippen molar-refractivity contribution in [1.82, 2.24) is 24.9 Å². The number of fused-ring (bicyclic) bond motifs is 1. The Labute approximate surface area is 148 Å². The van der Waals surface area contributed by atoms with Crippen LogP contribution in [0.2, 0.25) is 0 Å². The van der Waals surface area contributed by atoms with Gasteiger partial charge in [0.1, 0.15) is 0 Å². The number of benzene rings is 1. The number of carbonyl (C=O) groups is 1. The number of halogens is 1. The molecule has 0 fully saturated rings. The van der Waals surface area contributed by atoms with Crippen molar-refractivity contribution in [2.24, 2.45) is 0 Å². The van der Waals surface area contributed by atoms with E-state index in [1.807, 2.05) is 51.1 Å². The summed E-state index contributed by atoms with van der Waals surface area (Å²) in [6, 6.07) is 9.92. The first-order chi connectivity index (χ1) is 11.4. The van der Waals surface area contributed by atoms with Gasteiger partial charge in [-0.25, -0.2) is 9.50 Å². The molecule has 3 rings (SSSR count). The Balaban J connectivity index is 1.72. The predicted molar refractivity (Wildman–Crippen MR) is 95.0 cm³/mol. The normalized spacial score (nSPS) is 12.3. The Morgan fingerprint density at radius 1 is 1.25 bits per heavy atom. The van der Waals surface area contributed by atoms with Crippen LogP contribution in [0.25, 0.3) is 5.78 Å². The lowest BCUT2D eigenvalue weighted by Gasteiger charge is -2.12. The molecule has 24 heavy (non-hydrogen) atoms. The molecule has 7 heteroatoms. The van der Waals surface area contributed by atoms with Gasteiger partial charge >= 0.3 is 0 Å². The zero-order chi connectivity index (χ0) is 17.3. The molecule has 0 saturated heterocycles. The first-order valence-corrected chi connectivity index (χ1v) is 8.48. The molecule has 3 aromatic rings. The molecule has 2 heterocycles. The summed E-state index contributed by atoms with van der Waals surface area (Å²) in [5.74, 6) is 0.291. The van der Waals surface area contributed by atoms with Crippen molar-refractivity contribution in [3.8, 4) is 0 Å². The van der Waals surface area contributed by atoms with Gasteiger partial charge in [-0.2, -0.15) is 4.98 Å². The van der Waals surface area contributed by atoms with Gasteiger partial charge in [0.2, 0.25) is 5.82 Å². The molecular formula is C17H18BrN5O. The van der Waals surface area contributed by atoms with Gasteiger partial charge in [0.05, 0.1) is 0 Å². The molecule has 1 amide bonds. The molecule has 1 N–H and O–H groups in total. The van der Waals surface area contributed by atoms with E-state index in [-0.39, 0.29) is 17.8 Å². The lowest BCUT2D eigenvalue weighted by molar-refractivity contribution is 0.0930. The van der Waals surface area contributed by atoms with E-state index < -0.39 is 0 Å². The molecule has 6 nitrogen and oxygen atoms in total. The maximum atomic E-state index is 12.4. The van der Waals surface area contributed by atoms with Crippen LogP contribution in [0.1, 0.15) is 34.5 Å². The minimum Gasteiger partial charge on any atom is -0.346 e. The highest BCUT2D eigenvalue weighted by molar-refractivity contribution is 9.10. The Bertz CT molecular complexity index is 888. The Morgan fingerprint density at radius 2 is 1.96 bits per heavy atom. The van der Waals surface area contributed by atoms with E-state index in [9.17, 15) is 4.79 Å². The van der Waals surface area contributed by atoms with Crippen molar-refractivity contribution in [3.63, 3.8) is 0 Å². The Hall–Kier alpha value is -2.28. The molecule has 1 aromatic carbocycles. The van der Waals surface area contributed by atoms with Crippen molar-refractivity contribution in [1.29, 1.82) is 0 Å². The summed E-state index contributed by atoms with van der Waals surface area (Å²) in [4.78, 5) is 20.9.